The van der Waals surface area contributed by atoms with Crippen LogP contribution in [0.2, 0.25) is 0 Å². The molecule has 0 spiro atoms. The maximum atomic E-state index is 12.7. The number of ether oxygens (including phenoxy) is 2. The number of hydrogen-bond acceptors (Lipinski definition) is 6. The number of likely N-dealkylation sites (tertiary alicyclic amines) is 1. The quantitative estimate of drug-likeness (QED) is 0.779. The fourth-order valence-corrected chi connectivity index (χ4v) is 5.24. The Labute approximate surface area is 173 Å². The van der Waals surface area contributed by atoms with Crippen molar-refractivity contribution in [2.75, 3.05) is 32.0 Å². The molecule has 30 heavy (non-hydrogen) atoms. The number of aromatic nitrogens is 3. The van der Waals surface area contributed by atoms with Gasteiger partial charge in [-0.1, -0.05) is 0 Å². The number of fused-ring (bicyclic) bond motifs is 1. The monoisotopic (exact) mass is 417 g/mol. The molecule has 2 saturated carbocycles. The lowest BCUT2D eigenvalue weighted by molar-refractivity contribution is -0.0610. The van der Waals surface area contributed by atoms with Crippen LogP contribution in [0.1, 0.15) is 36.9 Å². The number of nitrogens with two attached hydrogens (primary N) is 1. The van der Waals surface area contributed by atoms with Crippen LogP contribution < -0.4 is 10.5 Å². The summed E-state index contributed by atoms with van der Waals surface area (Å²) in [6.07, 6.45) is 5.09. The molecule has 4 heterocycles. The first-order valence-electron chi connectivity index (χ1n) is 10.7. The van der Waals surface area contributed by atoms with Gasteiger partial charge in [-0.3, -0.25) is 9.58 Å². The van der Waals surface area contributed by atoms with Crippen molar-refractivity contribution < 1.29 is 18.3 Å². The fraction of sp³-hybridized carbons (Fsp3) is 0.619. The van der Waals surface area contributed by atoms with E-state index in [1.165, 1.54) is 18.2 Å². The van der Waals surface area contributed by atoms with Crippen molar-refractivity contribution in [3.05, 3.63) is 24.0 Å². The van der Waals surface area contributed by atoms with Crippen LogP contribution in [-0.4, -0.2) is 58.6 Å². The summed E-state index contributed by atoms with van der Waals surface area (Å²) < 4.78 is 37.4. The average Bonchev–Trinajstić information content (AvgIpc) is 2.97. The average molecular weight is 417 g/mol. The van der Waals surface area contributed by atoms with Crippen LogP contribution in [0.3, 0.4) is 0 Å². The molecule has 2 atom stereocenters. The number of anilines is 1. The van der Waals surface area contributed by atoms with Gasteiger partial charge in [-0.25, -0.2) is 4.98 Å². The van der Waals surface area contributed by atoms with E-state index in [9.17, 15) is 8.78 Å². The standard InChI is InChI=1S/C21H25F2N5O2/c22-21(23)30-18-4-11(6-25-20(18)24)16-5-17(28(26-16)12-2-1-3-12)19-14-7-27(8-15(14)19)13-9-29-10-13/h4-6,12-15,19,21H,1-3,7-10H2,(H2,24,25). The molecular formula is C21H25F2N5O2. The predicted molar refractivity (Wildman–Crippen MR) is 105 cm³/mol. The molecule has 2 aliphatic carbocycles. The first kappa shape index (κ1) is 18.5. The number of nitrogens with zero attached hydrogens (tertiary/aromatic N) is 4. The Morgan fingerprint density at radius 1 is 1.13 bits per heavy atom. The number of rotatable bonds is 6. The van der Waals surface area contributed by atoms with E-state index < -0.39 is 6.61 Å². The lowest BCUT2D eigenvalue weighted by atomic mass is 9.93. The van der Waals surface area contributed by atoms with Crippen LogP contribution in [-0.2, 0) is 4.74 Å². The second kappa shape index (κ2) is 6.88. The number of alkyl halides is 2. The van der Waals surface area contributed by atoms with E-state index in [1.54, 1.807) is 6.20 Å². The Balaban J connectivity index is 1.28. The van der Waals surface area contributed by atoms with Gasteiger partial charge >= 0.3 is 6.61 Å². The molecular weight excluding hydrogens is 392 g/mol. The van der Waals surface area contributed by atoms with Crippen LogP contribution in [0.15, 0.2) is 18.3 Å². The molecule has 2 aromatic heterocycles. The van der Waals surface area contributed by atoms with E-state index in [0.29, 0.717) is 35.4 Å². The van der Waals surface area contributed by atoms with Gasteiger partial charge < -0.3 is 15.2 Å². The van der Waals surface area contributed by atoms with Crippen LogP contribution in [0.5, 0.6) is 5.75 Å². The smallest absolute Gasteiger partial charge is 0.387 e. The minimum Gasteiger partial charge on any atom is -0.431 e. The van der Waals surface area contributed by atoms with Crippen molar-refractivity contribution in [2.24, 2.45) is 11.8 Å². The largest absolute Gasteiger partial charge is 0.431 e. The molecule has 6 rings (SSSR count). The van der Waals surface area contributed by atoms with Crippen LogP contribution in [0, 0.1) is 11.8 Å². The second-order valence-corrected chi connectivity index (χ2v) is 8.97. The van der Waals surface area contributed by atoms with Gasteiger partial charge in [0.15, 0.2) is 11.6 Å². The van der Waals surface area contributed by atoms with E-state index in [2.05, 4.69) is 25.4 Å². The van der Waals surface area contributed by atoms with Crippen molar-refractivity contribution in [2.45, 2.75) is 43.9 Å². The number of halogens is 2. The molecule has 0 radical (unpaired) electrons. The Kier molecular flexibility index (Phi) is 4.24. The summed E-state index contributed by atoms with van der Waals surface area (Å²) in [7, 11) is 0. The van der Waals surface area contributed by atoms with Crippen molar-refractivity contribution >= 4 is 5.82 Å². The van der Waals surface area contributed by atoms with Gasteiger partial charge in [0.2, 0.25) is 0 Å². The van der Waals surface area contributed by atoms with Gasteiger partial charge in [-0.2, -0.15) is 13.9 Å². The number of nitrogen functional groups attached to an aromatic ring is 1. The van der Waals surface area contributed by atoms with Gasteiger partial charge in [-0.15, -0.1) is 0 Å². The molecule has 160 valence electrons. The summed E-state index contributed by atoms with van der Waals surface area (Å²) in [4.78, 5) is 6.61. The summed E-state index contributed by atoms with van der Waals surface area (Å²) >= 11 is 0. The zero-order valence-corrected chi connectivity index (χ0v) is 16.6. The summed E-state index contributed by atoms with van der Waals surface area (Å²) in [6, 6.07) is 4.67. The Bertz CT molecular complexity index is 947. The highest BCUT2D eigenvalue weighted by Gasteiger charge is 2.59. The van der Waals surface area contributed by atoms with Crippen molar-refractivity contribution in [3.8, 4) is 17.0 Å². The van der Waals surface area contributed by atoms with Gasteiger partial charge in [0.1, 0.15) is 0 Å². The zero-order chi connectivity index (χ0) is 20.4. The normalized spacial score (nSPS) is 29.0. The van der Waals surface area contributed by atoms with Crippen LogP contribution in [0.25, 0.3) is 11.3 Å². The maximum Gasteiger partial charge on any atom is 0.387 e. The first-order valence-corrected chi connectivity index (χ1v) is 10.7. The lowest BCUT2D eigenvalue weighted by Gasteiger charge is -2.36. The minimum atomic E-state index is -2.94. The Morgan fingerprint density at radius 2 is 1.90 bits per heavy atom. The summed E-state index contributed by atoms with van der Waals surface area (Å²) in [6.45, 7) is 1.04. The highest BCUT2D eigenvalue weighted by molar-refractivity contribution is 5.64. The molecule has 9 heteroatoms. The van der Waals surface area contributed by atoms with Gasteiger partial charge in [-0.05, 0) is 43.2 Å². The highest BCUT2D eigenvalue weighted by atomic mass is 19.3. The summed E-state index contributed by atoms with van der Waals surface area (Å²) in [5.74, 6) is 1.73. The third-order valence-electron chi connectivity index (χ3n) is 7.28. The topological polar surface area (TPSA) is 78.4 Å². The molecule has 4 fully saturated rings. The molecule has 0 amide bonds. The Morgan fingerprint density at radius 3 is 2.50 bits per heavy atom. The molecule has 7 nitrogen and oxygen atoms in total. The highest BCUT2D eigenvalue weighted by Crippen LogP contribution is 2.59. The maximum absolute atomic E-state index is 12.7. The van der Waals surface area contributed by atoms with E-state index in [-0.39, 0.29) is 11.6 Å². The van der Waals surface area contributed by atoms with Gasteiger partial charge in [0, 0.05) is 36.5 Å². The molecule has 0 aromatic carbocycles. The van der Waals surface area contributed by atoms with Crippen molar-refractivity contribution in [1.82, 2.24) is 19.7 Å². The summed E-state index contributed by atoms with van der Waals surface area (Å²) in [5.41, 5.74) is 8.37. The van der Waals surface area contributed by atoms with Crippen LogP contribution in [0.4, 0.5) is 14.6 Å². The van der Waals surface area contributed by atoms with E-state index in [1.807, 2.05) is 0 Å². The third kappa shape index (κ3) is 2.98. The van der Waals surface area contributed by atoms with E-state index >= 15 is 0 Å². The van der Waals surface area contributed by atoms with Crippen molar-refractivity contribution in [1.29, 1.82) is 0 Å². The molecule has 2 aromatic rings. The molecule has 2 N–H and O–H groups in total. The van der Waals surface area contributed by atoms with E-state index in [0.717, 1.165) is 44.8 Å². The van der Waals surface area contributed by atoms with Crippen LogP contribution >= 0.6 is 0 Å². The van der Waals surface area contributed by atoms with E-state index in [4.69, 9.17) is 15.6 Å². The SMILES string of the molecule is Nc1ncc(-c2cc(C3C4CN(C5COC5)CC43)n(C3CCC3)n2)cc1OC(F)F. The predicted octanol–water partition coefficient (Wildman–Crippen LogP) is 2.90. The van der Waals surface area contributed by atoms with Crippen molar-refractivity contribution in [3.63, 3.8) is 0 Å². The number of piperidine rings is 1. The number of pyridine rings is 1. The Hall–Kier alpha value is -2.26. The first-order chi connectivity index (χ1) is 14.6. The molecule has 4 aliphatic rings. The number of hydrogen-bond donors (Lipinski definition) is 1. The lowest BCUT2D eigenvalue weighted by Crippen LogP contribution is -2.48. The third-order valence-corrected chi connectivity index (χ3v) is 7.28. The fourth-order valence-electron chi connectivity index (χ4n) is 5.24. The second-order valence-electron chi connectivity index (χ2n) is 8.97. The zero-order valence-electron chi connectivity index (χ0n) is 16.6. The van der Waals surface area contributed by atoms with Gasteiger partial charge in [0.05, 0.1) is 31.0 Å². The minimum absolute atomic E-state index is 0.0468. The molecule has 2 saturated heterocycles. The van der Waals surface area contributed by atoms with Gasteiger partial charge in [0.25, 0.3) is 0 Å². The molecule has 2 aliphatic heterocycles. The molecule has 0 bridgehead atoms. The summed E-state index contributed by atoms with van der Waals surface area (Å²) in [5, 5.41) is 4.88. The molecule has 2 unspecified atom stereocenters.